The second kappa shape index (κ2) is 6.69. The van der Waals surface area contributed by atoms with Crippen LogP contribution in [0.3, 0.4) is 0 Å². The molecule has 1 aliphatic heterocycles. The second-order valence-corrected chi connectivity index (χ2v) is 7.48. The van der Waals surface area contributed by atoms with E-state index in [2.05, 4.69) is 0 Å². The first kappa shape index (κ1) is 16.8. The number of nitrogens with zero attached hydrogens (tertiary/aromatic N) is 2. The van der Waals surface area contributed by atoms with E-state index in [4.69, 9.17) is 5.11 Å². The van der Waals surface area contributed by atoms with Gasteiger partial charge in [0.25, 0.3) is 5.69 Å². The minimum Gasteiger partial charge on any atom is -0.395 e. The molecule has 0 aliphatic carbocycles. The maximum Gasteiger partial charge on any atom is 0.269 e. The van der Waals surface area contributed by atoms with Gasteiger partial charge in [-0.2, -0.15) is 0 Å². The fourth-order valence-corrected chi connectivity index (χ4v) is 4.44. The van der Waals surface area contributed by atoms with E-state index in [1.54, 1.807) is 17.0 Å². The van der Waals surface area contributed by atoms with Gasteiger partial charge in [0.05, 0.1) is 35.2 Å². The number of aliphatic hydroxyl groups excluding tert-OH is 2. The molecule has 1 saturated heterocycles. The van der Waals surface area contributed by atoms with Gasteiger partial charge in [-0.25, -0.2) is 8.42 Å². The van der Waals surface area contributed by atoms with Gasteiger partial charge in [0.1, 0.15) is 0 Å². The van der Waals surface area contributed by atoms with E-state index < -0.39 is 26.9 Å². The molecule has 0 saturated carbocycles. The van der Waals surface area contributed by atoms with Crippen molar-refractivity contribution < 1.29 is 23.6 Å². The van der Waals surface area contributed by atoms with Crippen LogP contribution in [-0.2, 0) is 16.4 Å². The van der Waals surface area contributed by atoms with Crippen molar-refractivity contribution in [3.8, 4) is 0 Å². The van der Waals surface area contributed by atoms with Crippen LogP contribution < -0.4 is 0 Å². The van der Waals surface area contributed by atoms with E-state index in [1.807, 2.05) is 0 Å². The second-order valence-electron chi connectivity index (χ2n) is 5.33. The Hall–Kier alpha value is -1.55. The van der Waals surface area contributed by atoms with Crippen molar-refractivity contribution in [1.29, 1.82) is 0 Å². The van der Waals surface area contributed by atoms with E-state index >= 15 is 0 Å². The van der Waals surface area contributed by atoms with Gasteiger partial charge in [-0.15, -0.1) is 0 Å². The lowest BCUT2D eigenvalue weighted by atomic mass is 10.1. The zero-order valence-corrected chi connectivity index (χ0v) is 12.6. The van der Waals surface area contributed by atoms with Crippen LogP contribution in [0.4, 0.5) is 5.69 Å². The summed E-state index contributed by atoms with van der Waals surface area (Å²) in [5, 5.41) is 29.7. The standard InChI is InChI=1S/C13H18N2O6S/c16-6-5-14(12-8-22(20,21)9-13(12)17)7-10-1-3-11(4-2-10)15(18)19/h1-4,12-13,16-17H,5-9H2/t12-,13-/m1/s1. The minimum absolute atomic E-state index is 0.0269. The van der Waals surface area contributed by atoms with Gasteiger partial charge < -0.3 is 10.2 Å². The van der Waals surface area contributed by atoms with Gasteiger partial charge in [0, 0.05) is 25.2 Å². The number of rotatable bonds is 6. The summed E-state index contributed by atoms with van der Waals surface area (Å²) in [5.74, 6) is -0.430. The smallest absolute Gasteiger partial charge is 0.269 e. The van der Waals surface area contributed by atoms with Gasteiger partial charge in [-0.05, 0) is 5.56 Å². The molecule has 22 heavy (non-hydrogen) atoms. The number of hydrogen-bond donors (Lipinski definition) is 2. The van der Waals surface area contributed by atoms with Crippen LogP contribution in [0.2, 0.25) is 0 Å². The third-order valence-electron chi connectivity index (χ3n) is 3.68. The number of sulfone groups is 1. The van der Waals surface area contributed by atoms with Crippen molar-refractivity contribution in [3.05, 3.63) is 39.9 Å². The first-order chi connectivity index (χ1) is 10.3. The molecule has 9 heteroatoms. The molecule has 0 spiro atoms. The minimum atomic E-state index is -3.28. The molecule has 2 rings (SSSR count). The molecule has 0 aromatic heterocycles. The maximum atomic E-state index is 11.6. The molecule has 2 atom stereocenters. The summed E-state index contributed by atoms with van der Waals surface area (Å²) in [7, 11) is -3.28. The van der Waals surface area contributed by atoms with E-state index in [9.17, 15) is 23.6 Å². The summed E-state index contributed by atoms with van der Waals surface area (Å²) < 4.78 is 23.2. The Morgan fingerprint density at radius 2 is 1.91 bits per heavy atom. The summed E-state index contributed by atoms with van der Waals surface area (Å²) in [4.78, 5) is 11.8. The average molecular weight is 330 g/mol. The van der Waals surface area contributed by atoms with Crippen LogP contribution in [0.5, 0.6) is 0 Å². The van der Waals surface area contributed by atoms with Crippen LogP contribution in [0, 0.1) is 10.1 Å². The highest BCUT2D eigenvalue weighted by molar-refractivity contribution is 7.91. The summed E-state index contributed by atoms with van der Waals surface area (Å²) in [6.07, 6.45) is -0.991. The summed E-state index contributed by atoms with van der Waals surface area (Å²) in [6, 6.07) is 5.33. The molecular weight excluding hydrogens is 312 g/mol. The van der Waals surface area contributed by atoms with Crippen LogP contribution in [0.1, 0.15) is 5.56 Å². The van der Waals surface area contributed by atoms with Crippen molar-refractivity contribution in [2.45, 2.75) is 18.7 Å². The first-order valence-corrected chi connectivity index (χ1v) is 8.61. The predicted molar refractivity (Wildman–Crippen MR) is 79.0 cm³/mol. The van der Waals surface area contributed by atoms with Gasteiger partial charge >= 0.3 is 0 Å². The number of nitro benzene ring substituents is 1. The molecule has 0 radical (unpaired) electrons. The van der Waals surface area contributed by atoms with Crippen LogP contribution in [0.15, 0.2) is 24.3 Å². The van der Waals surface area contributed by atoms with Crippen LogP contribution in [-0.4, -0.2) is 65.3 Å². The molecule has 122 valence electrons. The molecule has 0 unspecified atom stereocenters. The molecule has 8 nitrogen and oxygen atoms in total. The monoisotopic (exact) mass is 330 g/mol. The Kier molecular flexibility index (Phi) is 5.12. The summed E-state index contributed by atoms with van der Waals surface area (Å²) in [5.41, 5.74) is 0.719. The van der Waals surface area contributed by atoms with Crippen molar-refractivity contribution in [1.82, 2.24) is 4.90 Å². The Labute approximate surface area is 128 Å². The van der Waals surface area contributed by atoms with Gasteiger partial charge in [0.15, 0.2) is 9.84 Å². The number of hydrogen-bond acceptors (Lipinski definition) is 7. The summed E-state index contributed by atoms with van der Waals surface area (Å²) >= 11 is 0. The largest absolute Gasteiger partial charge is 0.395 e. The quantitative estimate of drug-likeness (QED) is 0.535. The lowest BCUT2D eigenvalue weighted by Crippen LogP contribution is -2.44. The fraction of sp³-hybridized carbons (Fsp3) is 0.538. The number of aliphatic hydroxyl groups is 2. The third-order valence-corrected chi connectivity index (χ3v) is 5.38. The molecular formula is C13H18N2O6S. The Morgan fingerprint density at radius 1 is 1.27 bits per heavy atom. The van der Waals surface area contributed by atoms with Crippen LogP contribution >= 0.6 is 0 Å². The van der Waals surface area contributed by atoms with Gasteiger partial charge in [0.2, 0.25) is 0 Å². The Balaban J connectivity index is 2.13. The number of nitro groups is 1. The third kappa shape index (κ3) is 4.01. The molecule has 1 heterocycles. The van der Waals surface area contributed by atoms with Crippen molar-refractivity contribution in [3.63, 3.8) is 0 Å². The molecule has 0 amide bonds. The molecule has 2 N–H and O–H groups in total. The van der Waals surface area contributed by atoms with E-state index in [0.717, 1.165) is 5.56 Å². The summed E-state index contributed by atoms with van der Waals surface area (Å²) in [6.45, 7) is 0.348. The Bertz CT molecular complexity index is 630. The highest BCUT2D eigenvalue weighted by Crippen LogP contribution is 2.21. The molecule has 1 aliphatic rings. The molecule has 1 aromatic carbocycles. The van der Waals surface area contributed by atoms with E-state index in [0.29, 0.717) is 6.54 Å². The number of benzene rings is 1. The van der Waals surface area contributed by atoms with Gasteiger partial charge in [-0.3, -0.25) is 15.0 Å². The molecule has 0 bridgehead atoms. The highest BCUT2D eigenvalue weighted by Gasteiger charge is 2.39. The lowest BCUT2D eigenvalue weighted by Gasteiger charge is -2.29. The zero-order valence-electron chi connectivity index (χ0n) is 11.8. The Morgan fingerprint density at radius 3 is 2.36 bits per heavy atom. The molecule has 1 fully saturated rings. The van der Waals surface area contributed by atoms with E-state index in [1.165, 1.54) is 12.1 Å². The lowest BCUT2D eigenvalue weighted by molar-refractivity contribution is -0.384. The normalized spacial score (nSPS) is 23.8. The van der Waals surface area contributed by atoms with E-state index in [-0.39, 0.29) is 30.3 Å². The van der Waals surface area contributed by atoms with Crippen molar-refractivity contribution >= 4 is 15.5 Å². The first-order valence-electron chi connectivity index (χ1n) is 6.79. The topological polar surface area (TPSA) is 121 Å². The molecule has 1 aromatic rings. The van der Waals surface area contributed by atoms with Crippen LogP contribution in [0.25, 0.3) is 0 Å². The van der Waals surface area contributed by atoms with Crippen molar-refractivity contribution in [2.24, 2.45) is 0 Å². The zero-order chi connectivity index (χ0) is 16.3. The number of non-ortho nitro benzene ring substituents is 1. The maximum absolute atomic E-state index is 11.6. The average Bonchev–Trinajstić information content (AvgIpc) is 2.72. The SMILES string of the molecule is O=[N+]([O-])c1ccc(CN(CCO)[C@@H]2CS(=O)(=O)C[C@H]2O)cc1. The van der Waals surface area contributed by atoms with Gasteiger partial charge in [-0.1, -0.05) is 12.1 Å². The van der Waals surface area contributed by atoms with Crippen molar-refractivity contribution in [2.75, 3.05) is 24.7 Å². The highest BCUT2D eigenvalue weighted by atomic mass is 32.2. The fourth-order valence-electron chi connectivity index (χ4n) is 2.61. The predicted octanol–water partition coefficient (Wildman–Crippen LogP) is -0.453.